The minimum Gasteiger partial charge on any atom is -0.348 e. The fraction of sp³-hybridized carbons (Fsp3) is 0.316. The SMILES string of the molecule is Cc1ccc(S(=O)(=O)NCC(=O)N[C@H]2CCCc3ccccc32)cc1. The molecule has 132 valence electrons. The number of hydrogen-bond acceptors (Lipinski definition) is 3. The second-order valence-corrected chi connectivity index (χ2v) is 8.12. The summed E-state index contributed by atoms with van der Waals surface area (Å²) in [6.45, 7) is 1.62. The molecule has 25 heavy (non-hydrogen) atoms. The minimum absolute atomic E-state index is 0.0543. The molecule has 6 heteroatoms. The first-order chi connectivity index (χ1) is 12.0. The van der Waals surface area contributed by atoms with Crippen LogP contribution in [0.15, 0.2) is 53.4 Å². The third kappa shape index (κ3) is 4.27. The molecule has 1 atom stereocenters. The van der Waals surface area contributed by atoms with Crippen molar-refractivity contribution in [2.75, 3.05) is 6.54 Å². The van der Waals surface area contributed by atoms with Crippen LogP contribution in [0.25, 0.3) is 0 Å². The maximum atomic E-state index is 12.2. The number of nitrogens with one attached hydrogen (secondary N) is 2. The van der Waals surface area contributed by atoms with Crippen molar-refractivity contribution in [1.82, 2.24) is 10.0 Å². The van der Waals surface area contributed by atoms with Crippen LogP contribution in [0, 0.1) is 6.92 Å². The van der Waals surface area contributed by atoms with Crippen molar-refractivity contribution in [3.05, 3.63) is 65.2 Å². The summed E-state index contributed by atoms with van der Waals surface area (Å²) in [6, 6.07) is 14.5. The van der Waals surface area contributed by atoms with Crippen LogP contribution in [0.3, 0.4) is 0 Å². The highest BCUT2D eigenvalue weighted by Gasteiger charge is 2.22. The zero-order valence-corrected chi connectivity index (χ0v) is 15.0. The Kier molecular flexibility index (Phi) is 5.20. The van der Waals surface area contributed by atoms with Crippen molar-refractivity contribution in [3.63, 3.8) is 0 Å². The lowest BCUT2D eigenvalue weighted by atomic mass is 9.88. The molecule has 2 aromatic carbocycles. The predicted octanol–water partition coefficient (Wildman–Crippen LogP) is 2.47. The number of carbonyl (C=O) groups excluding carboxylic acids is 1. The van der Waals surface area contributed by atoms with Gasteiger partial charge >= 0.3 is 0 Å². The predicted molar refractivity (Wildman–Crippen MR) is 96.6 cm³/mol. The van der Waals surface area contributed by atoms with Crippen LogP contribution in [0.4, 0.5) is 0 Å². The monoisotopic (exact) mass is 358 g/mol. The highest BCUT2D eigenvalue weighted by atomic mass is 32.2. The Labute approximate surface area is 148 Å². The summed E-state index contributed by atoms with van der Waals surface area (Å²) in [5, 5.41) is 2.94. The molecule has 1 aliphatic carbocycles. The number of aryl methyl sites for hydroxylation is 2. The largest absolute Gasteiger partial charge is 0.348 e. The summed E-state index contributed by atoms with van der Waals surface area (Å²) < 4.78 is 26.9. The van der Waals surface area contributed by atoms with Gasteiger partial charge in [-0.1, -0.05) is 42.0 Å². The lowest BCUT2D eigenvalue weighted by Crippen LogP contribution is -2.39. The molecule has 0 fully saturated rings. The zero-order valence-electron chi connectivity index (χ0n) is 14.2. The molecular weight excluding hydrogens is 336 g/mol. The van der Waals surface area contributed by atoms with Gasteiger partial charge in [0.05, 0.1) is 17.5 Å². The number of hydrogen-bond donors (Lipinski definition) is 2. The summed E-state index contributed by atoms with van der Waals surface area (Å²) in [7, 11) is -3.68. The Morgan fingerprint density at radius 1 is 1.12 bits per heavy atom. The van der Waals surface area contributed by atoms with Gasteiger partial charge in [-0.2, -0.15) is 0 Å². The van der Waals surface area contributed by atoms with E-state index in [1.165, 1.54) is 17.7 Å². The van der Waals surface area contributed by atoms with E-state index >= 15 is 0 Å². The maximum absolute atomic E-state index is 12.2. The van der Waals surface area contributed by atoms with E-state index in [0.29, 0.717) is 0 Å². The molecule has 1 amide bonds. The van der Waals surface area contributed by atoms with Crippen molar-refractivity contribution in [2.24, 2.45) is 0 Å². The third-order valence-electron chi connectivity index (χ3n) is 4.46. The second kappa shape index (κ2) is 7.37. The molecule has 0 unspecified atom stereocenters. The molecule has 0 saturated carbocycles. The molecule has 0 bridgehead atoms. The van der Waals surface area contributed by atoms with Crippen molar-refractivity contribution >= 4 is 15.9 Å². The molecule has 1 aliphatic rings. The quantitative estimate of drug-likeness (QED) is 0.862. The molecule has 0 saturated heterocycles. The van der Waals surface area contributed by atoms with Crippen LogP contribution < -0.4 is 10.0 Å². The van der Waals surface area contributed by atoms with Crippen molar-refractivity contribution in [1.29, 1.82) is 0 Å². The first-order valence-electron chi connectivity index (χ1n) is 8.39. The molecule has 0 spiro atoms. The van der Waals surface area contributed by atoms with Gasteiger partial charge in [0, 0.05) is 0 Å². The first kappa shape index (κ1) is 17.6. The standard InChI is InChI=1S/C19H22N2O3S/c1-14-9-11-16(12-10-14)25(23,24)20-13-19(22)21-18-8-4-6-15-5-2-3-7-17(15)18/h2-3,5,7,9-12,18,20H,4,6,8,13H2,1H3,(H,21,22)/t18-/m0/s1. The Balaban J connectivity index is 1.61. The minimum atomic E-state index is -3.68. The van der Waals surface area contributed by atoms with Gasteiger partial charge in [-0.25, -0.2) is 13.1 Å². The van der Waals surface area contributed by atoms with E-state index in [0.717, 1.165) is 30.4 Å². The Hall–Kier alpha value is -2.18. The van der Waals surface area contributed by atoms with Crippen molar-refractivity contribution < 1.29 is 13.2 Å². The molecule has 0 radical (unpaired) electrons. The van der Waals surface area contributed by atoms with Crippen LogP contribution >= 0.6 is 0 Å². The van der Waals surface area contributed by atoms with Crippen LogP contribution in [0.5, 0.6) is 0 Å². The number of sulfonamides is 1. The molecular formula is C19H22N2O3S. The number of fused-ring (bicyclic) bond motifs is 1. The smallest absolute Gasteiger partial charge is 0.241 e. The molecule has 5 nitrogen and oxygen atoms in total. The third-order valence-corrected chi connectivity index (χ3v) is 5.88. The average Bonchev–Trinajstić information content (AvgIpc) is 2.61. The highest BCUT2D eigenvalue weighted by molar-refractivity contribution is 7.89. The molecule has 3 rings (SSSR count). The van der Waals surface area contributed by atoms with Gasteiger partial charge in [-0.15, -0.1) is 0 Å². The topological polar surface area (TPSA) is 75.3 Å². The van der Waals surface area contributed by atoms with Crippen LogP contribution in [0.2, 0.25) is 0 Å². The lowest BCUT2D eigenvalue weighted by molar-refractivity contribution is -0.120. The summed E-state index contributed by atoms with van der Waals surface area (Å²) in [6.07, 6.45) is 2.90. The highest BCUT2D eigenvalue weighted by Crippen LogP contribution is 2.29. The Morgan fingerprint density at radius 2 is 1.84 bits per heavy atom. The van der Waals surface area contributed by atoms with Gasteiger partial charge < -0.3 is 5.32 Å². The van der Waals surface area contributed by atoms with E-state index in [2.05, 4.69) is 16.1 Å². The van der Waals surface area contributed by atoms with Gasteiger partial charge in [0.15, 0.2) is 0 Å². The maximum Gasteiger partial charge on any atom is 0.241 e. The molecule has 0 aliphatic heterocycles. The first-order valence-corrected chi connectivity index (χ1v) is 9.87. The molecule has 2 aromatic rings. The van der Waals surface area contributed by atoms with Crippen LogP contribution in [-0.2, 0) is 21.2 Å². The normalized spacial score (nSPS) is 16.9. The summed E-state index contributed by atoms with van der Waals surface area (Å²) in [4.78, 5) is 12.4. The second-order valence-electron chi connectivity index (χ2n) is 6.35. The van der Waals surface area contributed by atoms with Gasteiger partial charge in [-0.05, 0) is 49.4 Å². The molecule has 0 heterocycles. The summed E-state index contributed by atoms with van der Waals surface area (Å²) >= 11 is 0. The van der Waals surface area contributed by atoms with Crippen LogP contribution in [-0.4, -0.2) is 20.9 Å². The van der Waals surface area contributed by atoms with Crippen molar-refractivity contribution in [3.8, 4) is 0 Å². The van der Waals surface area contributed by atoms with Gasteiger partial charge in [0.2, 0.25) is 15.9 Å². The van der Waals surface area contributed by atoms with E-state index in [1.807, 2.05) is 25.1 Å². The fourth-order valence-electron chi connectivity index (χ4n) is 3.11. The Morgan fingerprint density at radius 3 is 2.60 bits per heavy atom. The molecule has 2 N–H and O–H groups in total. The summed E-state index contributed by atoms with van der Waals surface area (Å²) in [5.74, 6) is -0.322. The number of amides is 1. The van der Waals surface area contributed by atoms with Gasteiger partial charge in [0.25, 0.3) is 0 Å². The van der Waals surface area contributed by atoms with E-state index < -0.39 is 10.0 Å². The fourth-order valence-corrected chi connectivity index (χ4v) is 4.09. The molecule has 0 aromatic heterocycles. The Bertz CT molecular complexity index is 860. The number of carbonyl (C=O) groups is 1. The number of rotatable bonds is 5. The summed E-state index contributed by atoms with van der Waals surface area (Å²) in [5.41, 5.74) is 3.36. The van der Waals surface area contributed by atoms with Gasteiger partial charge in [-0.3, -0.25) is 4.79 Å². The van der Waals surface area contributed by atoms with E-state index in [1.54, 1.807) is 12.1 Å². The average molecular weight is 358 g/mol. The van der Waals surface area contributed by atoms with E-state index in [9.17, 15) is 13.2 Å². The van der Waals surface area contributed by atoms with Crippen LogP contribution in [0.1, 0.15) is 35.6 Å². The lowest BCUT2D eigenvalue weighted by Gasteiger charge is -2.26. The van der Waals surface area contributed by atoms with Gasteiger partial charge in [0.1, 0.15) is 0 Å². The van der Waals surface area contributed by atoms with E-state index in [-0.39, 0.29) is 23.4 Å². The van der Waals surface area contributed by atoms with Crippen molar-refractivity contribution in [2.45, 2.75) is 37.1 Å². The number of benzene rings is 2. The van der Waals surface area contributed by atoms with E-state index in [4.69, 9.17) is 0 Å². The zero-order chi connectivity index (χ0) is 17.9.